The molecule has 1 fully saturated rings. The number of hydrogen-bond acceptors (Lipinski definition) is 2. The summed E-state index contributed by atoms with van der Waals surface area (Å²) in [6, 6.07) is 0. The smallest absolute Gasteiger partial charge is 0.0201 e. The molecule has 1 aliphatic carbocycles. The van der Waals surface area contributed by atoms with Crippen LogP contribution < -0.4 is 5.73 Å². The van der Waals surface area contributed by atoms with Crippen molar-refractivity contribution in [1.82, 2.24) is 0 Å². The lowest BCUT2D eigenvalue weighted by Gasteiger charge is -2.22. The zero-order chi connectivity index (χ0) is 16.2. The molecule has 2 heteroatoms. The fourth-order valence-electron chi connectivity index (χ4n) is 3.80. The lowest BCUT2D eigenvalue weighted by Crippen LogP contribution is -2.22. The summed E-state index contributed by atoms with van der Waals surface area (Å²) in [5, 5.41) is 1.51. The summed E-state index contributed by atoms with van der Waals surface area (Å²) < 4.78 is 0. The third-order valence-corrected chi connectivity index (χ3v) is 6.54. The van der Waals surface area contributed by atoms with Gasteiger partial charge in [0, 0.05) is 10.5 Å². The van der Waals surface area contributed by atoms with Crippen LogP contribution in [-0.2, 0) is 0 Å². The summed E-state index contributed by atoms with van der Waals surface area (Å²) in [5.74, 6) is 1.60. The van der Waals surface area contributed by atoms with Gasteiger partial charge in [0.2, 0.25) is 0 Å². The van der Waals surface area contributed by atoms with Crippen molar-refractivity contribution in [3.8, 4) is 0 Å². The van der Waals surface area contributed by atoms with E-state index in [9.17, 15) is 0 Å². The van der Waals surface area contributed by atoms with Gasteiger partial charge in [-0.2, -0.15) is 11.8 Å². The number of allylic oxidation sites excluding steroid dienone is 1. The van der Waals surface area contributed by atoms with Gasteiger partial charge in [-0.1, -0.05) is 58.1 Å². The minimum absolute atomic E-state index is 0.658. The van der Waals surface area contributed by atoms with Crippen LogP contribution in [0.25, 0.3) is 0 Å². The maximum absolute atomic E-state index is 6.00. The van der Waals surface area contributed by atoms with E-state index in [4.69, 9.17) is 5.73 Å². The summed E-state index contributed by atoms with van der Waals surface area (Å²) in [7, 11) is 0. The highest BCUT2D eigenvalue weighted by atomic mass is 32.2. The van der Waals surface area contributed by atoms with E-state index < -0.39 is 0 Å². The lowest BCUT2D eigenvalue weighted by atomic mass is 9.85. The molecular formula is C20H39NS. The van der Waals surface area contributed by atoms with Crippen molar-refractivity contribution >= 4 is 11.8 Å². The highest BCUT2D eigenvalue weighted by Crippen LogP contribution is 2.31. The van der Waals surface area contributed by atoms with Gasteiger partial charge < -0.3 is 5.73 Å². The molecule has 0 aliphatic heterocycles. The Bertz CT molecular complexity index is 283. The molecule has 1 rings (SSSR count). The molecule has 1 nitrogen and oxygen atoms in total. The van der Waals surface area contributed by atoms with E-state index in [0.717, 1.165) is 23.6 Å². The number of nitrogens with two attached hydrogens (primary N) is 1. The van der Waals surface area contributed by atoms with Gasteiger partial charge in [-0.25, -0.2) is 0 Å². The Balaban J connectivity index is 2.38. The standard InChI is InChI=1S/C20H39NS/c1-4-10-20(11-5-2)22-17(3)12-9-15-18-13-7-6-8-14-19(18)16-21/h9,12,17-20H,4-8,10-11,13-16,21H2,1-3H3/b12-9+. The molecule has 0 bridgehead atoms. The Kier molecular flexibility index (Phi) is 11.4. The molecule has 0 spiro atoms. The Labute approximate surface area is 143 Å². The largest absolute Gasteiger partial charge is 0.330 e. The normalized spacial score (nSPS) is 24.8. The molecule has 22 heavy (non-hydrogen) atoms. The second kappa shape index (κ2) is 12.5. The highest BCUT2D eigenvalue weighted by Gasteiger charge is 2.21. The third kappa shape index (κ3) is 8.06. The molecule has 0 aromatic heterocycles. The van der Waals surface area contributed by atoms with E-state index in [1.54, 1.807) is 0 Å². The van der Waals surface area contributed by atoms with Crippen molar-refractivity contribution in [2.75, 3.05) is 6.54 Å². The van der Waals surface area contributed by atoms with Gasteiger partial charge in [-0.3, -0.25) is 0 Å². The van der Waals surface area contributed by atoms with Crippen molar-refractivity contribution in [2.45, 2.75) is 95.5 Å². The minimum Gasteiger partial charge on any atom is -0.330 e. The molecule has 1 saturated carbocycles. The van der Waals surface area contributed by atoms with Gasteiger partial charge in [-0.05, 0) is 57.4 Å². The highest BCUT2D eigenvalue weighted by molar-refractivity contribution is 8.00. The summed E-state index contributed by atoms with van der Waals surface area (Å²) in [6.45, 7) is 7.87. The van der Waals surface area contributed by atoms with E-state index in [1.165, 1.54) is 64.2 Å². The van der Waals surface area contributed by atoms with Gasteiger partial charge in [0.25, 0.3) is 0 Å². The van der Waals surface area contributed by atoms with E-state index in [-0.39, 0.29) is 0 Å². The zero-order valence-electron chi connectivity index (χ0n) is 15.2. The summed E-state index contributed by atoms with van der Waals surface area (Å²) >= 11 is 2.18. The first-order chi connectivity index (χ1) is 10.7. The average Bonchev–Trinajstić information content (AvgIpc) is 2.72. The molecule has 0 amide bonds. The molecule has 3 unspecified atom stereocenters. The van der Waals surface area contributed by atoms with Gasteiger partial charge in [0.1, 0.15) is 0 Å². The van der Waals surface area contributed by atoms with E-state index in [2.05, 4.69) is 44.7 Å². The molecule has 3 atom stereocenters. The summed E-state index contributed by atoms with van der Waals surface area (Å²) in [6.07, 6.45) is 18.5. The second-order valence-electron chi connectivity index (χ2n) is 7.10. The summed E-state index contributed by atoms with van der Waals surface area (Å²) in [5.41, 5.74) is 6.00. The molecule has 0 aromatic rings. The molecule has 1 aliphatic rings. The van der Waals surface area contributed by atoms with Crippen molar-refractivity contribution < 1.29 is 0 Å². The Morgan fingerprint density at radius 1 is 1.05 bits per heavy atom. The monoisotopic (exact) mass is 325 g/mol. The zero-order valence-corrected chi connectivity index (χ0v) is 16.0. The fourth-order valence-corrected chi connectivity index (χ4v) is 5.35. The maximum atomic E-state index is 6.00. The Hall–Kier alpha value is 0.0500. The lowest BCUT2D eigenvalue weighted by molar-refractivity contribution is 0.322. The number of rotatable bonds is 10. The van der Waals surface area contributed by atoms with Crippen LogP contribution in [0.1, 0.15) is 85.0 Å². The van der Waals surface area contributed by atoms with Gasteiger partial charge >= 0.3 is 0 Å². The van der Waals surface area contributed by atoms with Crippen molar-refractivity contribution in [3.05, 3.63) is 12.2 Å². The SMILES string of the molecule is CCCC(CCC)SC(C)/C=C/CC1CCCCCC1CN. The van der Waals surface area contributed by atoms with Crippen LogP contribution in [0.3, 0.4) is 0 Å². The second-order valence-corrected chi connectivity index (χ2v) is 8.78. The molecular weight excluding hydrogens is 286 g/mol. The molecule has 0 aromatic carbocycles. The third-order valence-electron chi connectivity index (χ3n) is 5.09. The minimum atomic E-state index is 0.658. The van der Waals surface area contributed by atoms with Gasteiger partial charge in [-0.15, -0.1) is 0 Å². The van der Waals surface area contributed by atoms with Crippen LogP contribution in [-0.4, -0.2) is 17.0 Å². The molecule has 2 N–H and O–H groups in total. The Morgan fingerprint density at radius 2 is 1.68 bits per heavy atom. The van der Waals surface area contributed by atoms with E-state index in [1.807, 2.05) is 0 Å². The first kappa shape index (κ1) is 20.1. The van der Waals surface area contributed by atoms with Crippen LogP contribution in [0.15, 0.2) is 12.2 Å². The van der Waals surface area contributed by atoms with Crippen LogP contribution in [0.2, 0.25) is 0 Å². The number of thioether (sulfide) groups is 1. The van der Waals surface area contributed by atoms with Crippen LogP contribution in [0.5, 0.6) is 0 Å². The van der Waals surface area contributed by atoms with Crippen LogP contribution in [0.4, 0.5) is 0 Å². The summed E-state index contributed by atoms with van der Waals surface area (Å²) in [4.78, 5) is 0. The van der Waals surface area contributed by atoms with Crippen molar-refractivity contribution in [1.29, 1.82) is 0 Å². The predicted molar refractivity (Wildman–Crippen MR) is 104 cm³/mol. The molecule has 0 saturated heterocycles. The van der Waals surface area contributed by atoms with Crippen LogP contribution in [0, 0.1) is 11.8 Å². The molecule has 130 valence electrons. The fraction of sp³-hybridized carbons (Fsp3) is 0.900. The van der Waals surface area contributed by atoms with Gasteiger partial charge in [0.15, 0.2) is 0 Å². The molecule has 0 heterocycles. The first-order valence-electron chi connectivity index (χ1n) is 9.73. The van der Waals surface area contributed by atoms with Crippen molar-refractivity contribution in [2.24, 2.45) is 17.6 Å². The van der Waals surface area contributed by atoms with E-state index >= 15 is 0 Å². The first-order valence-corrected chi connectivity index (χ1v) is 10.7. The number of hydrogen-bond donors (Lipinski definition) is 1. The van der Waals surface area contributed by atoms with Gasteiger partial charge in [0.05, 0.1) is 0 Å². The van der Waals surface area contributed by atoms with Crippen molar-refractivity contribution in [3.63, 3.8) is 0 Å². The topological polar surface area (TPSA) is 26.0 Å². The molecule has 0 radical (unpaired) electrons. The quantitative estimate of drug-likeness (QED) is 0.383. The van der Waals surface area contributed by atoms with Crippen LogP contribution >= 0.6 is 11.8 Å². The predicted octanol–water partition coefficient (Wildman–Crippen LogP) is 6.18. The Morgan fingerprint density at radius 3 is 2.27 bits per heavy atom. The maximum Gasteiger partial charge on any atom is 0.0201 e. The van der Waals surface area contributed by atoms with E-state index in [0.29, 0.717) is 5.25 Å². The average molecular weight is 326 g/mol.